The van der Waals surface area contributed by atoms with E-state index in [1.165, 1.54) is 37.2 Å². The number of rotatable bonds is 5. The predicted molar refractivity (Wildman–Crippen MR) is 50.5 cm³/mol. The topological polar surface area (TPSA) is 34.9 Å². The van der Waals surface area contributed by atoms with Gasteiger partial charge in [0.15, 0.2) is 0 Å². The second kappa shape index (κ2) is 5.09. The summed E-state index contributed by atoms with van der Waals surface area (Å²) in [6.45, 7) is 3.02. The third-order valence-electron chi connectivity index (χ3n) is 1.77. The van der Waals surface area contributed by atoms with Crippen LogP contribution in [0.15, 0.2) is 11.0 Å². The van der Waals surface area contributed by atoms with Crippen molar-refractivity contribution in [2.75, 3.05) is 0 Å². The quantitative estimate of drug-likeness (QED) is 0.658. The number of unbranched alkanes of at least 4 members (excludes halogenated alkanes) is 3. The van der Waals surface area contributed by atoms with Gasteiger partial charge in [-0.05, 0) is 6.42 Å². The molecule has 0 N–H and O–H groups in total. The van der Waals surface area contributed by atoms with E-state index in [1.807, 2.05) is 0 Å². The summed E-state index contributed by atoms with van der Waals surface area (Å²) >= 11 is 1.26. The zero-order valence-electron chi connectivity index (χ0n) is 7.32. The summed E-state index contributed by atoms with van der Waals surface area (Å²) in [7, 11) is 0. The zero-order valence-corrected chi connectivity index (χ0v) is 8.14. The highest BCUT2D eigenvalue weighted by Gasteiger charge is 1.96. The van der Waals surface area contributed by atoms with Crippen LogP contribution >= 0.6 is 11.7 Å². The van der Waals surface area contributed by atoms with Crippen LogP contribution in [-0.4, -0.2) is 8.33 Å². The van der Waals surface area contributed by atoms with E-state index in [9.17, 15) is 4.79 Å². The molecule has 1 aromatic rings. The Hall–Kier alpha value is -0.640. The van der Waals surface area contributed by atoms with Gasteiger partial charge in [0.2, 0.25) is 0 Å². The van der Waals surface area contributed by atoms with E-state index in [-0.39, 0.29) is 5.56 Å². The smallest absolute Gasteiger partial charge is 0.267 e. The molecule has 1 aromatic heterocycles. The minimum absolute atomic E-state index is 0.0384. The number of hydrogen-bond donors (Lipinski definition) is 0. The third kappa shape index (κ3) is 2.77. The molecular weight excluding hydrogens is 172 g/mol. The van der Waals surface area contributed by atoms with Crippen molar-refractivity contribution in [3.05, 3.63) is 16.6 Å². The molecule has 0 bridgehead atoms. The van der Waals surface area contributed by atoms with Crippen LogP contribution < -0.4 is 5.56 Å². The van der Waals surface area contributed by atoms with Crippen molar-refractivity contribution < 1.29 is 0 Å². The summed E-state index contributed by atoms with van der Waals surface area (Å²) in [5.41, 5.74) is 0.0384. The molecule has 0 saturated heterocycles. The van der Waals surface area contributed by atoms with E-state index in [1.54, 1.807) is 3.96 Å². The van der Waals surface area contributed by atoms with E-state index >= 15 is 0 Å². The van der Waals surface area contributed by atoms with Crippen LogP contribution in [0.25, 0.3) is 0 Å². The maximum absolute atomic E-state index is 11.0. The van der Waals surface area contributed by atoms with Gasteiger partial charge in [0, 0.05) is 18.3 Å². The van der Waals surface area contributed by atoms with Crippen molar-refractivity contribution in [2.45, 2.75) is 39.2 Å². The fourth-order valence-corrected chi connectivity index (χ4v) is 1.65. The Bertz CT molecular complexity index is 266. The van der Waals surface area contributed by atoms with E-state index in [4.69, 9.17) is 0 Å². The summed E-state index contributed by atoms with van der Waals surface area (Å²) < 4.78 is 5.52. The third-order valence-corrected chi connectivity index (χ3v) is 2.53. The summed E-state index contributed by atoms with van der Waals surface area (Å²) in [6, 6.07) is 0. The van der Waals surface area contributed by atoms with Crippen LogP contribution in [0.2, 0.25) is 0 Å². The van der Waals surface area contributed by atoms with Gasteiger partial charge in [0.05, 0.1) is 0 Å². The Morgan fingerprint density at radius 3 is 2.92 bits per heavy atom. The maximum Gasteiger partial charge on any atom is 0.280 e. The fourth-order valence-electron chi connectivity index (χ4n) is 1.06. The van der Waals surface area contributed by atoms with Crippen molar-refractivity contribution in [1.29, 1.82) is 0 Å². The molecule has 0 aliphatic heterocycles. The number of aryl methyl sites for hydroxylation is 1. The van der Waals surface area contributed by atoms with Gasteiger partial charge < -0.3 is 0 Å². The molecule has 4 heteroatoms. The summed E-state index contributed by atoms with van der Waals surface area (Å²) in [4.78, 5) is 11.0. The number of aromatic nitrogens is 2. The van der Waals surface area contributed by atoms with Gasteiger partial charge in [0.25, 0.3) is 5.56 Å². The van der Waals surface area contributed by atoms with Crippen LogP contribution in [0.1, 0.15) is 32.6 Å². The average molecular weight is 186 g/mol. The van der Waals surface area contributed by atoms with Crippen molar-refractivity contribution in [3.63, 3.8) is 0 Å². The first kappa shape index (κ1) is 9.45. The highest BCUT2D eigenvalue weighted by atomic mass is 32.1. The molecule has 0 amide bonds. The average Bonchev–Trinajstić information content (AvgIpc) is 2.46. The Morgan fingerprint density at radius 2 is 2.33 bits per heavy atom. The van der Waals surface area contributed by atoms with Crippen LogP contribution in [-0.2, 0) is 6.54 Å². The van der Waals surface area contributed by atoms with Crippen molar-refractivity contribution in [3.8, 4) is 0 Å². The van der Waals surface area contributed by atoms with Gasteiger partial charge in [0.1, 0.15) is 6.20 Å². The van der Waals surface area contributed by atoms with E-state index < -0.39 is 0 Å². The minimum atomic E-state index is 0.0384. The molecule has 0 saturated carbocycles. The van der Waals surface area contributed by atoms with Gasteiger partial charge in [-0.3, -0.25) is 4.79 Å². The monoisotopic (exact) mass is 186 g/mol. The largest absolute Gasteiger partial charge is 0.280 e. The summed E-state index contributed by atoms with van der Waals surface area (Å²) in [5.74, 6) is 0. The first-order valence-electron chi connectivity index (χ1n) is 4.36. The van der Waals surface area contributed by atoms with Crippen molar-refractivity contribution in [1.82, 2.24) is 8.33 Å². The number of hydrogen-bond acceptors (Lipinski definition) is 3. The molecule has 1 rings (SSSR count). The van der Waals surface area contributed by atoms with Crippen LogP contribution in [0.4, 0.5) is 0 Å². The highest BCUT2D eigenvalue weighted by Crippen LogP contribution is 2.01. The molecule has 3 nitrogen and oxygen atoms in total. The molecule has 12 heavy (non-hydrogen) atoms. The zero-order chi connectivity index (χ0) is 8.81. The summed E-state index contributed by atoms with van der Waals surface area (Å²) in [5, 5.41) is 0. The SMILES string of the molecule is CCCCCCn1sncc1=O. The van der Waals surface area contributed by atoms with Gasteiger partial charge in [-0.2, -0.15) is 4.37 Å². The first-order chi connectivity index (χ1) is 5.84. The van der Waals surface area contributed by atoms with E-state index in [2.05, 4.69) is 11.3 Å². The molecule has 0 radical (unpaired) electrons. The Balaban J connectivity index is 2.24. The second-order valence-electron chi connectivity index (χ2n) is 2.82. The van der Waals surface area contributed by atoms with Crippen LogP contribution in [0.3, 0.4) is 0 Å². The molecule has 0 aromatic carbocycles. The molecular formula is C8H14N2OS. The molecule has 0 aliphatic carbocycles. The lowest BCUT2D eigenvalue weighted by Gasteiger charge is -1.97. The molecule has 0 fully saturated rings. The van der Waals surface area contributed by atoms with Gasteiger partial charge in [-0.15, -0.1) is 0 Å². The Labute approximate surface area is 76.4 Å². The summed E-state index contributed by atoms with van der Waals surface area (Å²) in [6.07, 6.45) is 6.17. The lowest BCUT2D eigenvalue weighted by molar-refractivity contribution is 0.599. The lowest BCUT2D eigenvalue weighted by Crippen LogP contribution is -2.11. The van der Waals surface area contributed by atoms with Crippen molar-refractivity contribution in [2.24, 2.45) is 0 Å². The molecule has 0 atom stereocenters. The molecule has 0 aliphatic rings. The highest BCUT2D eigenvalue weighted by molar-refractivity contribution is 6.99. The second-order valence-corrected chi connectivity index (χ2v) is 3.63. The Kier molecular flexibility index (Phi) is 4.00. The van der Waals surface area contributed by atoms with Crippen LogP contribution in [0, 0.1) is 0 Å². The minimum Gasteiger partial charge on any atom is -0.267 e. The number of nitrogens with zero attached hydrogens (tertiary/aromatic N) is 2. The van der Waals surface area contributed by atoms with Crippen LogP contribution in [0.5, 0.6) is 0 Å². The molecule has 1 heterocycles. The van der Waals surface area contributed by atoms with E-state index in [0.717, 1.165) is 13.0 Å². The van der Waals surface area contributed by atoms with Gasteiger partial charge in [-0.1, -0.05) is 26.2 Å². The van der Waals surface area contributed by atoms with Crippen molar-refractivity contribution >= 4 is 11.7 Å². The molecule has 68 valence electrons. The first-order valence-corrected chi connectivity index (χ1v) is 5.09. The lowest BCUT2D eigenvalue weighted by atomic mass is 10.2. The van der Waals surface area contributed by atoms with Gasteiger partial charge in [-0.25, -0.2) is 3.96 Å². The van der Waals surface area contributed by atoms with E-state index in [0.29, 0.717) is 0 Å². The molecule has 0 spiro atoms. The maximum atomic E-state index is 11.0. The molecule has 0 unspecified atom stereocenters. The predicted octanol–water partition coefficient (Wildman–Crippen LogP) is 1.89. The van der Waals surface area contributed by atoms with Gasteiger partial charge >= 0.3 is 0 Å². The normalized spacial score (nSPS) is 10.4. The Morgan fingerprint density at radius 1 is 1.50 bits per heavy atom. The fraction of sp³-hybridized carbons (Fsp3) is 0.750. The standard InChI is InChI=1S/C8H14N2OS/c1-2-3-4-5-6-10-8(11)7-9-12-10/h7H,2-6H2,1H3.